The molecule has 3 heterocycles. The number of aromatic nitrogens is 1. The van der Waals surface area contributed by atoms with Crippen molar-refractivity contribution in [3.63, 3.8) is 0 Å². The van der Waals surface area contributed by atoms with Crippen LogP contribution in [0.1, 0.15) is 12.0 Å². The zero-order valence-electron chi connectivity index (χ0n) is 14.0. The van der Waals surface area contributed by atoms with Gasteiger partial charge in [-0.25, -0.2) is 0 Å². The summed E-state index contributed by atoms with van der Waals surface area (Å²) < 4.78 is 10.8. The van der Waals surface area contributed by atoms with Crippen LogP contribution in [-0.2, 0) is 6.54 Å². The van der Waals surface area contributed by atoms with Gasteiger partial charge >= 0.3 is 0 Å². The number of fused-ring (bicyclic) bond motifs is 2. The van der Waals surface area contributed by atoms with Gasteiger partial charge < -0.3 is 14.5 Å². The molecule has 2 aliphatic heterocycles. The van der Waals surface area contributed by atoms with Gasteiger partial charge in [-0.3, -0.25) is 14.6 Å². The zero-order chi connectivity index (χ0) is 17.2. The van der Waals surface area contributed by atoms with E-state index in [2.05, 4.69) is 20.9 Å². The van der Waals surface area contributed by atoms with Crippen molar-refractivity contribution in [2.75, 3.05) is 39.5 Å². The van der Waals surface area contributed by atoms with Gasteiger partial charge in [0.1, 0.15) is 0 Å². The number of H-pyrrole nitrogens is 1. The molecule has 130 valence electrons. The summed E-state index contributed by atoms with van der Waals surface area (Å²) in [5, 5.41) is 9.63. The molecule has 25 heavy (non-hydrogen) atoms. The van der Waals surface area contributed by atoms with Crippen molar-refractivity contribution >= 4 is 10.9 Å². The number of benzene rings is 1. The molecular weight excluding hydrogens is 320 g/mol. The van der Waals surface area contributed by atoms with E-state index in [9.17, 15) is 4.79 Å². The highest BCUT2D eigenvalue weighted by atomic mass is 16.7. The fraction of sp³-hybridized carbons (Fsp3) is 0.444. The molecule has 0 atom stereocenters. The first-order valence-corrected chi connectivity index (χ1v) is 8.50. The second-order valence-electron chi connectivity index (χ2n) is 6.44. The molecule has 0 radical (unpaired) electrons. The monoisotopic (exact) mass is 340 g/mol. The van der Waals surface area contributed by atoms with Gasteiger partial charge in [-0.05, 0) is 12.1 Å². The Kier molecular flexibility index (Phi) is 4.30. The Morgan fingerprint density at radius 2 is 1.80 bits per heavy atom. The minimum absolute atomic E-state index is 0.0572. The molecule has 0 bridgehead atoms. The third kappa shape index (κ3) is 3.31. The number of hydrogen-bond donors (Lipinski definition) is 1. The maximum atomic E-state index is 12.4. The van der Waals surface area contributed by atoms with Crippen LogP contribution < -0.4 is 15.0 Å². The quantitative estimate of drug-likeness (QED) is 0.903. The third-order valence-corrected chi connectivity index (χ3v) is 4.81. The van der Waals surface area contributed by atoms with E-state index in [4.69, 9.17) is 14.7 Å². The summed E-state index contributed by atoms with van der Waals surface area (Å²) in [6.07, 6.45) is 0.570. The zero-order valence-corrected chi connectivity index (χ0v) is 14.0. The Morgan fingerprint density at radius 3 is 2.56 bits per heavy atom. The second-order valence-corrected chi connectivity index (χ2v) is 6.44. The third-order valence-electron chi connectivity index (χ3n) is 4.81. The number of piperazine rings is 1. The lowest BCUT2D eigenvalue weighted by molar-refractivity contribution is 0.129. The summed E-state index contributed by atoms with van der Waals surface area (Å²) in [7, 11) is 0. The van der Waals surface area contributed by atoms with E-state index in [1.54, 1.807) is 0 Å². The lowest BCUT2D eigenvalue weighted by Crippen LogP contribution is -2.46. The molecule has 0 aliphatic carbocycles. The molecule has 0 amide bonds. The molecule has 7 heteroatoms. The number of aromatic amines is 1. The molecule has 7 nitrogen and oxygen atoms in total. The lowest BCUT2D eigenvalue weighted by atomic mass is 10.1. The Balaban J connectivity index is 1.49. The molecule has 4 rings (SSSR count). The summed E-state index contributed by atoms with van der Waals surface area (Å²) in [6.45, 7) is 5.37. The summed E-state index contributed by atoms with van der Waals surface area (Å²) >= 11 is 0. The van der Waals surface area contributed by atoms with Gasteiger partial charge in [0.15, 0.2) is 11.5 Å². The predicted molar refractivity (Wildman–Crippen MR) is 92.6 cm³/mol. The topological polar surface area (TPSA) is 81.6 Å². The number of hydrogen-bond acceptors (Lipinski definition) is 6. The van der Waals surface area contributed by atoms with Gasteiger partial charge in [0.05, 0.1) is 11.6 Å². The number of rotatable bonds is 4. The van der Waals surface area contributed by atoms with Gasteiger partial charge in [-0.15, -0.1) is 0 Å². The van der Waals surface area contributed by atoms with Crippen molar-refractivity contribution in [2.24, 2.45) is 0 Å². The highest BCUT2D eigenvalue weighted by Gasteiger charge is 2.19. The molecule has 0 saturated carbocycles. The van der Waals surface area contributed by atoms with Gasteiger partial charge in [0.25, 0.3) is 5.56 Å². The summed E-state index contributed by atoms with van der Waals surface area (Å²) in [4.78, 5) is 19.9. The van der Waals surface area contributed by atoms with Crippen molar-refractivity contribution in [2.45, 2.75) is 13.0 Å². The van der Waals surface area contributed by atoms with Crippen LogP contribution in [0.2, 0.25) is 0 Å². The van der Waals surface area contributed by atoms with E-state index < -0.39 is 0 Å². The Hall–Kier alpha value is -2.56. The van der Waals surface area contributed by atoms with E-state index in [-0.39, 0.29) is 12.4 Å². The van der Waals surface area contributed by atoms with Crippen LogP contribution in [0.4, 0.5) is 0 Å². The molecule has 1 aromatic heterocycles. The first-order valence-electron chi connectivity index (χ1n) is 8.50. The average molecular weight is 340 g/mol. The largest absolute Gasteiger partial charge is 0.454 e. The van der Waals surface area contributed by atoms with E-state index in [1.807, 2.05) is 18.2 Å². The summed E-state index contributed by atoms with van der Waals surface area (Å²) in [5.41, 5.74) is 1.47. The molecule has 1 aromatic carbocycles. The van der Waals surface area contributed by atoms with Gasteiger partial charge in [0, 0.05) is 62.7 Å². The maximum Gasteiger partial charge on any atom is 0.252 e. The minimum atomic E-state index is -0.0572. The van der Waals surface area contributed by atoms with Crippen LogP contribution in [0, 0.1) is 11.3 Å². The van der Waals surface area contributed by atoms with E-state index in [1.165, 1.54) is 0 Å². The van der Waals surface area contributed by atoms with Crippen molar-refractivity contribution < 1.29 is 9.47 Å². The number of nitrogens with zero attached hydrogens (tertiary/aromatic N) is 3. The summed E-state index contributed by atoms with van der Waals surface area (Å²) in [5.74, 6) is 1.39. The molecule has 2 aliphatic rings. The SMILES string of the molecule is N#CCCN1CCN(Cc2cc3cc4c(cc3[nH]c2=O)OCO4)CC1. The highest BCUT2D eigenvalue weighted by Crippen LogP contribution is 2.35. The second kappa shape index (κ2) is 6.75. The van der Waals surface area contributed by atoms with Crippen molar-refractivity contribution in [1.82, 2.24) is 14.8 Å². The van der Waals surface area contributed by atoms with Gasteiger partial charge in [-0.1, -0.05) is 0 Å². The molecule has 1 saturated heterocycles. The number of nitriles is 1. The minimum Gasteiger partial charge on any atom is -0.454 e. The van der Waals surface area contributed by atoms with Crippen LogP contribution in [0.15, 0.2) is 23.0 Å². The fourth-order valence-corrected chi connectivity index (χ4v) is 3.38. The first kappa shape index (κ1) is 15.9. The Morgan fingerprint density at radius 1 is 1.08 bits per heavy atom. The Bertz CT molecular complexity index is 878. The predicted octanol–water partition coefficient (Wildman–Crippen LogP) is 1.29. The molecule has 0 unspecified atom stereocenters. The maximum absolute atomic E-state index is 12.4. The van der Waals surface area contributed by atoms with Crippen LogP contribution in [-0.4, -0.2) is 54.3 Å². The van der Waals surface area contributed by atoms with Crippen LogP contribution >= 0.6 is 0 Å². The fourth-order valence-electron chi connectivity index (χ4n) is 3.38. The van der Waals surface area contributed by atoms with Gasteiger partial charge in [-0.2, -0.15) is 5.26 Å². The summed E-state index contributed by atoms with van der Waals surface area (Å²) in [6, 6.07) is 7.86. The van der Waals surface area contributed by atoms with E-state index in [0.29, 0.717) is 18.7 Å². The molecular formula is C18H20N4O3. The standard InChI is InChI=1S/C18H20N4O3/c19-2-1-3-21-4-6-22(7-5-21)11-14-8-13-9-16-17(25-12-24-16)10-15(13)20-18(14)23/h8-10H,1,3-7,11-12H2,(H,20,23). The normalized spacial score (nSPS) is 17.7. The van der Waals surface area contributed by atoms with Crippen molar-refractivity contribution in [3.8, 4) is 17.6 Å². The molecule has 1 fully saturated rings. The van der Waals surface area contributed by atoms with Crippen LogP contribution in [0.25, 0.3) is 10.9 Å². The lowest BCUT2D eigenvalue weighted by Gasteiger charge is -2.34. The highest BCUT2D eigenvalue weighted by molar-refractivity contribution is 5.83. The number of nitrogens with one attached hydrogen (secondary N) is 1. The van der Waals surface area contributed by atoms with Crippen LogP contribution in [0.5, 0.6) is 11.5 Å². The molecule has 2 aromatic rings. The molecule has 0 spiro atoms. The average Bonchev–Trinajstić information content (AvgIpc) is 3.07. The van der Waals surface area contributed by atoms with Gasteiger partial charge in [0.2, 0.25) is 6.79 Å². The van der Waals surface area contributed by atoms with Crippen molar-refractivity contribution in [1.29, 1.82) is 5.26 Å². The number of ether oxygens (including phenoxy) is 2. The van der Waals surface area contributed by atoms with Crippen LogP contribution in [0.3, 0.4) is 0 Å². The van der Waals surface area contributed by atoms with Crippen molar-refractivity contribution in [3.05, 3.63) is 34.1 Å². The van der Waals surface area contributed by atoms with E-state index in [0.717, 1.165) is 54.9 Å². The molecule has 1 N–H and O–H groups in total. The smallest absolute Gasteiger partial charge is 0.252 e. The first-order chi connectivity index (χ1) is 12.2. The Labute approximate surface area is 145 Å². The van der Waals surface area contributed by atoms with E-state index >= 15 is 0 Å². The number of pyridine rings is 1.